The maximum atomic E-state index is 13.8. The van der Waals surface area contributed by atoms with E-state index in [1.807, 2.05) is 36.9 Å². The van der Waals surface area contributed by atoms with E-state index in [-0.39, 0.29) is 24.4 Å². The van der Waals surface area contributed by atoms with Crippen LogP contribution in [0.4, 0.5) is 4.39 Å². The molecule has 5 nitrogen and oxygen atoms in total. The molecule has 0 radical (unpaired) electrons. The molecule has 2 aliphatic rings. The maximum Gasteiger partial charge on any atom is 0.248 e. The average Bonchev–Trinajstić information content (AvgIpc) is 3.12. The summed E-state index contributed by atoms with van der Waals surface area (Å²) in [5.41, 5.74) is 2.25. The molecular formula is C26H33FN2O3. The Hall–Kier alpha value is -2.44. The van der Waals surface area contributed by atoms with Crippen molar-refractivity contribution in [2.75, 3.05) is 33.4 Å². The molecule has 0 N–H and O–H groups in total. The first kappa shape index (κ1) is 22.7. The van der Waals surface area contributed by atoms with Gasteiger partial charge in [0.15, 0.2) is 0 Å². The number of ether oxygens (including phenoxy) is 2. The van der Waals surface area contributed by atoms with Crippen LogP contribution in [-0.2, 0) is 16.1 Å². The Morgan fingerprint density at radius 1 is 1.16 bits per heavy atom. The molecule has 6 heteroatoms. The fraction of sp³-hybridized carbons (Fsp3) is 0.500. The fourth-order valence-corrected chi connectivity index (χ4v) is 5.25. The molecule has 32 heavy (non-hydrogen) atoms. The van der Waals surface area contributed by atoms with Gasteiger partial charge in [0.25, 0.3) is 0 Å². The third-order valence-electron chi connectivity index (χ3n) is 6.61. The van der Waals surface area contributed by atoms with Gasteiger partial charge in [0.05, 0.1) is 6.10 Å². The Morgan fingerprint density at radius 3 is 2.62 bits per heavy atom. The number of hydrogen-bond donors (Lipinski definition) is 0. The number of amides is 1. The summed E-state index contributed by atoms with van der Waals surface area (Å²) in [6.45, 7) is 7.23. The zero-order valence-electron chi connectivity index (χ0n) is 19.2. The summed E-state index contributed by atoms with van der Waals surface area (Å²) in [5.74, 6) is 1.36. The first-order chi connectivity index (χ1) is 15.4. The number of piperidine rings is 1. The van der Waals surface area contributed by atoms with Gasteiger partial charge in [0.2, 0.25) is 5.91 Å². The molecule has 0 saturated carbocycles. The lowest BCUT2D eigenvalue weighted by atomic mass is 9.81. The zero-order chi connectivity index (χ0) is 22.7. The summed E-state index contributed by atoms with van der Waals surface area (Å²) >= 11 is 0. The predicted octanol–water partition coefficient (Wildman–Crippen LogP) is 4.08. The van der Waals surface area contributed by atoms with Gasteiger partial charge in [-0.25, -0.2) is 4.39 Å². The number of carbonyl (C=O) groups excluding carboxylic acids is 1. The Balaban J connectivity index is 1.56. The van der Waals surface area contributed by atoms with Crippen LogP contribution in [-0.4, -0.2) is 61.2 Å². The van der Waals surface area contributed by atoms with Gasteiger partial charge in [0, 0.05) is 51.2 Å². The molecule has 2 aliphatic heterocycles. The fourth-order valence-electron chi connectivity index (χ4n) is 5.25. The summed E-state index contributed by atoms with van der Waals surface area (Å²) in [6.07, 6.45) is 1.05. The van der Waals surface area contributed by atoms with Gasteiger partial charge in [-0.2, -0.15) is 0 Å². The second kappa shape index (κ2) is 10.0. The second-order valence-corrected chi connectivity index (χ2v) is 9.19. The third-order valence-corrected chi connectivity index (χ3v) is 6.61. The first-order valence-electron chi connectivity index (χ1n) is 11.5. The van der Waals surface area contributed by atoms with E-state index >= 15 is 0 Å². The molecule has 0 bridgehead atoms. The van der Waals surface area contributed by atoms with E-state index in [1.165, 1.54) is 11.6 Å². The van der Waals surface area contributed by atoms with Crippen molar-refractivity contribution in [3.05, 3.63) is 65.5 Å². The lowest BCUT2D eigenvalue weighted by Gasteiger charge is -2.39. The molecule has 172 valence electrons. The molecule has 2 aromatic carbocycles. The molecule has 0 aromatic heterocycles. The maximum absolute atomic E-state index is 13.8. The van der Waals surface area contributed by atoms with Crippen LogP contribution >= 0.6 is 0 Å². The summed E-state index contributed by atoms with van der Waals surface area (Å²) in [4.78, 5) is 16.9. The van der Waals surface area contributed by atoms with Crippen LogP contribution in [0.5, 0.6) is 5.75 Å². The molecule has 2 aromatic rings. The monoisotopic (exact) mass is 440 g/mol. The molecular weight excluding hydrogens is 407 g/mol. The van der Waals surface area contributed by atoms with E-state index in [4.69, 9.17) is 9.47 Å². The SMILES string of the molecule is COCC(=O)N1CC[C@@H]2[C@H](C1)[C@@H](c1ccc(OC(C)C)cc1)CN2Cc1cccc(F)c1. The van der Waals surface area contributed by atoms with E-state index in [0.29, 0.717) is 17.9 Å². The van der Waals surface area contributed by atoms with Gasteiger partial charge in [-0.05, 0) is 55.7 Å². The minimum Gasteiger partial charge on any atom is -0.491 e. The second-order valence-electron chi connectivity index (χ2n) is 9.19. The van der Waals surface area contributed by atoms with Crippen LogP contribution in [0.15, 0.2) is 48.5 Å². The number of benzene rings is 2. The number of hydrogen-bond acceptors (Lipinski definition) is 4. The normalized spacial score (nSPS) is 23.4. The van der Waals surface area contributed by atoms with Gasteiger partial charge in [-0.3, -0.25) is 9.69 Å². The Bertz CT molecular complexity index is 918. The van der Waals surface area contributed by atoms with Crippen molar-refractivity contribution in [1.29, 1.82) is 0 Å². The largest absolute Gasteiger partial charge is 0.491 e. The lowest BCUT2D eigenvalue weighted by molar-refractivity contribution is -0.137. The van der Waals surface area contributed by atoms with Crippen LogP contribution < -0.4 is 4.74 Å². The van der Waals surface area contributed by atoms with E-state index in [0.717, 1.165) is 43.9 Å². The quantitative estimate of drug-likeness (QED) is 0.651. The van der Waals surface area contributed by atoms with Crippen LogP contribution in [0.25, 0.3) is 0 Å². The number of fused-ring (bicyclic) bond motifs is 1. The molecule has 0 unspecified atom stereocenters. The molecule has 4 rings (SSSR count). The molecule has 3 atom stereocenters. The summed E-state index contributed by atoms with van der Waals surface area (Å²) in [6, 6.07) is 15.6. The highest BCUT2D eigenvalue weighted by Crippen LogP contribution is 2.42. The molecule has 2 saturated heterocycles. The van der Waals surface area contributed by atoms with Crippen LogP contribution in [0.3, 0.4) is 0 Å². The molecule has 2 heterocycles. The summed E-state index contributed by atoms with van der Waals surface area (Å²) in [5, 5.41) is 0. The van der Waals surface area contributed by atoms with Gasteiger partial charge >= 0.3 is 0 Å². The zero-order valence-corrected chi connectivity index (χ0v) is 19.2. The minimum absolute atomic E-state index is 0.0500. The molecule has 2 fully saturated rings. The van der Waals surface area contributed by atoms with Crippen LogP contribution in [0.2, 0.25) is 0 Å². The van der Waals surface area contributed by atoms with Crippen LogP contribution in [0.1, 0.15) is 37.3 Å². The lowest BCUT2D eigenvalue weighted by Crippen LogP contribution is -2.49. The highest BCUT2D eigenvalue weighted by molar-refractivity contribution is 5.77. The summed E-state index contributed by atoms with van der Waals surface area (Å²) < 4.78 is 24.7. The molecule has 0 aliphatic carbocycles. The Kier molecular flexibility index (Phi) is 7.11. The number of nitrogens with zero attached hydrogens (tertiary/aromatic N) is 2. The van der Waals surface area contributed by atoms with Gasteiger partial charge in [-0.1, -0.05) is 24.3 Å². The van der Waals surface area contributed by atoms with E-state index in [1.54, 1.807) is 19.2 Å². The minimum atomic E-state index is -0.199. The van der Waals surface area contributed by atoms with Crippen molar-refractivity contribution in [1.82, 2.24) is 9.80 Å². The van der Waals surface area contributed by atoms with Gasteiger partial charge < -0.3 is 14.4 Å². The Morgan fingerprint density at radius 2 is 1.94 bits per heavy atom. The van der Waals surface area contributed by atoms with Gasteiger partial charge in [-0.15, -0.1) is 0 Å². The molecule has 0 spiro atoms. The number of methoxy groups -OCH3 is 1. The van der Waals surface area contributed by atoms with Gasteiger partial charge in [0.1, 0.15) is 18.2 Å². The van der Waals surface area contributed by atoms with Crippen molar-refractivity contribution in [2.24, 2.45) is 5.92 Å². The number of likely N-dealkylation sites (tertiary alicyclic amines) is 2. The van der Waals surface area contributed by atoms with E-state index < -0.39 is 0 Å². The van der Waals surface area contributed by atoms with Crippen molar-refractivity contribution < 1.29 is 18.7 Å². The number of carbonyl (C=O) groups is 1. The third kappa shape index (κ3) is 5.13. The van der Waals surface area contributed by atoms with Crippen molar-refractivity contribution in [3.8, 4) is 5.75 Å². The topological polar surface area (TPSA) is 42.0 Å². The van der Waals surface area contributed by atoms with Crippen molar-refractivity contribution >= 4 is 5.91 Å². The Labute approximate surface area is 190 Å². The van der Waals surface area contributed by atoms with Crippen LogP contribution in [0, 0.1) is 11.7 Å². The predicted molar refractivity (Wildman–Crippen MR) is 122 cm³/mol. The smallest absolute Gasteiger partial charge is 0.248 e. The number of rotatable bonds is 7. The van der Waals surface area contributed by atoms with E-state index in [2.05, 4.69) is 17.0 Å². The summed E-state index contributed by atoms with van der Waals surface area (Å²) in [7, 11) is 1.56. The highest BCUT2D eigenvalue weighted by atomic mass is 19.1. The standard InChI is InChI=1S/C26H33FN2O3/c1-18(2)32-22-9-7-20(8-10-22)23-15-29(14-19-5-4-6-21(27)13-19)25-11-12-28(16-24(23)25)26(30)17-31-3/h4-10,13,18,23-25H,11-12,14-17H2,1-3H3/t23-,24-,25-/m1/s1. The molecule has 1 amide bonds. The van der Waals surface area contributed by atoms with Crippen molar-refractivity contribution in [3.63, 3.8) is 0 Å². The van der Waals surface area contributed by atoms with E-state index in [9.17, 15) is 9.18 Å². The first-order valence-corrected chi connectivity index (χ1v) is 11.5. The average molecular weight is 441 g/mol. The highest BCUT2D eigenvalue weighted by Gasteiger charge is 2.45. The van der Waals surface area contributed by atoms with Crippen molar-refractivity contribution in [2.45, 2.75) is 44.9 Å². The number of halogens is 1.